The third-order valence-electron chi connectivity index (χ3n) is 5.18. The number of ether oxygens (including phenoxy) is 1. The fourth-order valence-corrected chi connectivity index (χ4v) is 3.86. The van der Waals surface area contributed by atoms with Crippen LogP contribution in [0.1, 0.15) is 43.9 Å². The molecule has 2 N–H and O–H groups in total. The number of esters is 1. The molecule has 6 heteroatoms. The van der Waals surface area contributed by atoms with Crippen molar-refractivity contribution in [3.8, 4) is 0 Å². The van der Waals surface area contributed by atoms with Gasteiger partial charge in [-0.05, 0) is 44.7 Å². The first-order chi connectivity index (χ1) is 13.0. The van der Waals surface area contributed by atoms with Crippen LogP contribution in [0.4, 0.5) is 4.79 Å². The Labute approximate surface area is 161 Å². The Morgan fingerprint density at radius 3 is 2.70 bits per heavy atom. The van der Waals surface area contributed by atoms with Gasteiger partial charge in [0.15, 0.2) is 0 Å². The maximum Gasteiger partial charge on any atom is 0.338 e. The van der Waals surface area contributed by atoms with Gasteiger partial charge in [0, 0.05) is 18.8 Å². The number of benzene rings is 1. The van der Waals surface area contributed by atoms with E-state index in [9.17, 15) is 9.59 Å². The summed E-state index contributed by atoms with van der Waals surface area (Å²) in [5.74, 6) is 0.242. The monoisotopic (exact) mass is 371 g/mol. The van der Waals surface area contributed by atoms with Gasteiger partial charge in [0.1, 0.15) is 0 Å². The van der Waals surface area contributed by atoms with Gasteiger partial charge in [-0.1, -0.05) is 36.8 Å². The molecule has 0 saturated carbocycles. The number of rotatable bonds is 5. The van der Waals surface area contributed by atoms with Crippen molar-refractivity contribution in [2.45, 2.75) is 39.7 Å². The highest BCUT2D eigenvalue weighted by Gasteiger charge is 2.34. The van der Waals surface area contributed by atoms with Gasteiger partial charge in [-0.25, -0.2) is 9.59 Å². The molecular weight excluding hydrogens is 342 g/mol. The van der Waals surface area contributed by atoms with Gasteiger partial charge in [-0.15, -0.1) is 0 Å². The highest BCUT2D eigenvalue weighted by Crippen LogP contribution is 2.29. The molecule has 2 heterocycles. The molecule has 2 unspecified atom stereocenters. The van der Waals surface area contributed by atoms with Crippen molar-refractivity contribution in [3.63, 3.8) is 0 Å². The maximum atomic E-state index is 12.8. The number of hydrogen-bond donors (Lipinski definition) is 2. The zero-order chi connectivity index (χ0) is 19.4. The second kappa shape index (κ2) is 8.57. The summed E-state index contributed by atoms with van der Waals surface area (Å²) in [5.41, 5.74) is 3.15. The van der Waals surface area contributed by atoms with Crippen molar-refractivity contribution in [2.75, 3.05) is 26.2 Å². The van der Waals surface area contributed by atoms with Gasteiger partial charge in [0.05, 0.1) is 18.2 Å². The number of likely N-dealkylation sites (tertiary alicyclic amines) is 1. The summed E-state index contributed by atoms with van der Waals surface area (Å²) in [4.78, 5) is 27.4. The van der Waals surface area contributed by atoms with Gasteiger partial charge >= 0.3 is 12.0 Å². The first-order valence-corrected chi connectivity index (χ1v) is 9.74. The standard InChI is InChI=1S/C21H29N3O3/c1-4-27-20(25)18-17(13-24-11-5-6-15(3)12-24)22-21(26)23-19(18)16-9-7-14(2)8-10-16/h7-10,15,19H,4-6,11-13H2,1-3H3,(H2,22,23,26). The van der Waals surface area contributed by atoms with E-state index in [1.54, 1.807) is 6.92 Å². The summed E-state index contributed by atoms with van der Waals surface area (Å²) in [7, 11) is 0. The molecule has 2 aliphatic rings. The van der Waals surface area contributed by atoms with Gasteiger partial charge in [0.25, 0.3) is 0 Å². The second-order valence-corrected chi connectivity index (χ2v) is 7.54. The molecule has 2 atom stereocenters. The van der Waals surface area contributed by atoms with E-state index in [0.29, 0.717) is 30.3 Å². The first kappa shape index (κ1) is 19.4. The number of carbonyl (C=O) groups is 2. The van der Waals surface area contributed by atoms with E-state index in [4.69, 9.17) is 4.74 Å². The Hall–Kier alpha value is -2.34. The molecule has 1 aromatic rings. The van der Waals surface area contributed by atoms with Crippen molar-refractivity contribution in [2.24, 2.45) is 5.92 Å². The Morgan fingerprint density at radius 2 is 2.04 bits per heavy atom. The zero-order valence-electron chi connectivity index (χ0n) is 16.4. The average Bonchev–Trinajstić information content (AvgIpc) is 2.62. The Kier molecular flexibility index (Phi) is 6.16. The number of carbonyl (C=O) groups excluding carboxylic acids is 2. The minimum atomic E-state index is -0.504. The lowest BCUT2D eigenvalue weighted by Gasteiger charge is -2.35. The van der Waals surface area contributed by atoms with Crippen molar-refractivity contribution in [1.82, 2.24) is 15.5 Å². The number of hydrogen-bond acceptors (Lipinski definition) is 4. The highest BCUT2D eigenvalue weighted by molar-refractivity contribution is 5.95. The van der Waals surface area contributed by atoms with E-state index in [2.05, 4.69) is 22.5 Å². The van der Waals surface area contributed by atoms with Gasteiger partial charge in [-0.2, -0.15) is 0 Å². The molecule has 1 aromatic carbocycles. The van der Waals surface area contributed by atoms with Gasteiger partial charge in [-0.3, -0.25) is 4.90 Å². The molecule has 3 rings (SSSR count). The van der Waals surface area contributed by atoms with E-state index < -0.39 is 6.04 Å². The van der Waals surface area contributed by atoms with Crippen LogP contribution in [0, 0.1) is 12.8 Å². The lowest BCUT2D eigenvalue weighted by molar-refractivity contribution is -0.139. The summed E-state index contributed by atoms with van der Waals surface area (Å²) in [6.07, 6.45) is 2.36. The Bertz CT molecular complexity index is 727. The highest BCUT2D eigenvalue weighted by atomic mass is 16.5. The molecule has 2 amide bonds. The molecule has 1 fully saturated rings. The average molecular weight is 371 g/mol. The fourth-order valence-electron chi connectivity index (χ4n) is 3.86. The van der Waals surface area contributed by atoms with Crippen molar-refractivity contribution in [3.05, 3.63) is 46.7 Å². The van der Waals surface area contributed by atoms with E-state index in [1.807, 2.05) is 31.2 Å². The quantitative estimate of drug-likeness (QED) is 0.781. The molecule has 1 saturated heterocycles. The maximum absolute atomic E-state index is 12.8. The summed E-state index contributed by atoms with van der Waals surface area (Å²) in [6, 6.07) is 7.08. The van der Waals surface area contributed by atoms with E-state index >= 15 is 0 Å². The van der Waals surface area contributed by atoms with Crippen LogP contribution in [0.2, 0.25) is 0 Å². The largest absolute Gasteiger partial charge is 0.463 e. The summed E-state index contributed by atoms with van der Waals surface area (Å²) < 4.78 is 5.33. The van der Waals surface area contributed by atoms with Crippen LogP contribution in [0.15, 0.2) is 35.5 Å². The molecule has 0 radical (unpaired) electrons. The second-order valence-electron chi connectivity index (χ2n) is 7.54. The smallest absolute Gasteiger partial charge is 0.338 e. The van der Waals surface area contributed by atoms with E-state index in [-0.39, 0.29) is 12.0 Å². The Balaban J connectivity index is 1.96. The van der Waals surface area contributed by atoms with Crippen LogP contribution < -0.4 is 10.6 Å². The van der Waals surface area contributed by atoms with Crippen LogP contribution in [0.25, 0.3) is 0 Å². The van der Waals surface area contributed by atoms with Crippen LogP contribution in [-0.2, 0) is 9.53 Å². The minimum Gasteiger partial charge on any atom is -0.463 e. The molecule has 6 nitrogen and oxygen atoms in total. The summed E-state index contributed by atoms with van der Waals surface area (Å²) >= 11 is 0. The first-order valence-electron chi connectivity index (χ1n) is 9.74. The minimum absolute atomic E-state index is 0.284. The van der Waals surface area contributed by atoms with Crippen LogP contribution >= 0.6 is 0 Å². The lowest BCUT2D eigenvalue weighted by atomic mass is 9.93. The number of urea groups is 1. The van der Waals surface area contributed by atoms with Crippen molar-refractivity contribution >= 4 is 12.0 Å². The third-order valence-corrected chi connectivity index (χ3v) is 5.18. The molecule has 27 heavy (non-hydrogen) atoms. The predicted octanol–water partition coefficient (Wildman–Crippen LogP) is 2.90. The summed E-state index contributed by atoms with van der Waals surface area (Å²) in [6.45, 7) is 8.83. The summed E-state index contributed by atoms with van der Waals surface area (Å²) in [5, 5.41) is 5.76. The lowest BCUT2D eigenvalue weighted by Crippen LogP contribution is -2.49. The molecule has 146 valence electrons. The molecule has 2 aliphatic heterocycles. The van der Waals surface area contributed by atoms with Gasteiger partial charge < -0.3 is 15.4 Å². The van der Waals surface area contributed by atoms with Crippen molar-refractivity contribution < 1.29 is 14.3 Å². The predicted molar refractivity (Wildman–Crippen MR) is 104 cm³/mol. The molecular formula is C21H29N3O3. The van der Waals surface area contributed by atoms with Crippen LogP contribution in [-0.4, -0.2) is 43.1 Å². The number of nitrogens with one attached hydrogen (secondary N) is 2. The fraction of sp³-hybridized carbons (Fsp3) is 0.524. The normalized spacial score (nSPS) is 23.6. The van der Waals surface area contributed by atoms with Crippen molar-refractivity contribution in [1.29, 1.82) is 0 Å². The topological polar surface area (TPSA) is 70.7 Å². The van der Waals surface area contributed by atoms with E-state index in [1.165, 1.54) is 6.42 Å². The zero-order valence-corrected chi connectivity index (χ0v) is 16.4. The van der Waals surface area contributed by atoms with Gasteiger partial charge in [0.2, 0.25) is 0 Å². The third kappa shape index (κ3) is 4.69. The molecule has 0 bridgehead atoms. The molecule has 0 spiro atoms. The number of nitrogens with zero attached hydrogens (tertiary/aromatic N) is 1. The number of aryl methyl sites for hydroxylation is 1. The SMILES string of the molecule is CCOC(=O)C1=C(CN2CCCC(C)C2)NC(=O)NC1c1ccc(C)cc1. The van der Waals surface area contributed by atoms with Crippen LogP contribution in [0.3, 0.4) is 0 Å². The molecule has 0 aliphatic carbocycles. The number of amides is 2. The number of piperidine rings is 1. The van der Waals surface area contributed by atoms with Crippen LogP contribution in [0.5, 0.6) is 0 Å². The van der Waals surface area contributed by atoms with E-state index in [0.717, 1.165) is 30.6 Å². The Morgan fingerprint density at radius 1 is 1.30 bits per heavy atom. The molecule has 0 aromatic heterocycles.